The van der Waals surface area contributed by atoms with E-state index in [1.807, 2.05) is 0 Å². The molecule has 2 aliphatic rings. The standard InChI is InChI=1S/C27H25ClF2N2O4S/c1-27(34)16-4-5-17(27)10-19(9-16)37(35,36)25-13-21(20(12-22(25)28)15-3-2-8-31-14-15)26(33)32-18-6-7-23(29)24(30)11-18/h2-3,6-8,11-14,16-17,19,34H,4-5,9-10H2,1H3,(H,32,33)/t16-,17?,19-,27-/m0/s1. The number of pyridine rings is 1. The van der Waals surface area contributed by atoms with Crippen LogP contribution in [0.2, 0.25) is 5.02 Å². The van der Waals surface area contributed by atoms with Gasteiger partial charge in [-0.3, -0.25) is 9.78 Å². The maximum Gasteiger partial charge on any atom is 0.256 e. The maximum absolute atomic E-state index is 13.8. The Morgan fingerprint density at radius 1 is 1.11 bits per heavy atom. The zero-order valence-corrected chi connectivity index (χ0v) is 21.5. The molecule has 2 aromatic carbocycles. The molecule has 4 atom stereocenters. The molecule has 10 heteroatoms. The molecule has 1 amide bonds. The Kier molecular flexibility index (Phi) is 6.58. The van der Waals surface area contributed by atoms with Gasteiger partial charge in [-0.05, 0) is 80.3 Å². The van der Waals surface area contributed by atoms with Crippen LogP contribution in [0.1, 0.15) is 43.0 Å². The first-order valence-corrected chi connectivity index (χ1v) is 13.9. The summed E-state index contributed by atoms with van der Waals surface area (Å²) >= 11 is 6.53. The van der Waals surface area contributed by atoms with Crippen LogP contribution in [0.25, 0.3) is 11.1 Å². The fourth-order valence-electron chi connectivity index (χ4n) is 5.69. The monoisotopic (exact) mass is 546 g/mol. The SMILES string of the molecule is C[C@@]1(O)C2CC[C@H]1C[C@H](S(=O)(=O)c1cc(C(=O)Nc3ccc(F)c(F)c3)c(-c3cccnc3)cc1Cl)C2. The number of benzene rings is 2. The molecule has 5 rings (SSSR count). The highest BCUT2D eigenvalue weighted by atomic mass is 35.5. The number of hydrogen-bond acceptors (Lipinski definition) is 5. The second kappa shape index (κ2) is 9.45. The molecule has 1 aromatic heterocycles. The van der Waals surface area contributed by atoms with Crippen molar-refractivity contribution in [3.8, 4) is 11.1 Å². The number of hydrogen-bond donors (Lipinski definition) is 2. The van der Waals surface area contributed by atoms with Crippen LogP contribution >= 0.6 is 11.6 Å². The molecular formula is C27H25ClF2N2O4S. The van der Waals surface area contributed by atoms with Crippen LogP contribution in [0, 0.1) is 23.5 Å². The van der Waals surface area contributed by atoms with Gasteiger partial charge in [0.1, 0.15) is 0 Å². The summed E-state index contributed by atoms with van der Waals surface area (Å²) in [4.78, 5) is 17.2. The predicted molar refractivity (Wildman–Crippen MR) is 136 cm³/mol. The number of aromatic nitrogens is 1. The van der Waals surface area contributed by atoms with Gasteiger partial charge < -0.3 is 10.4 Å². The van der Waals surface area contributed by atoms with Crippen molar-refractivity contribution < 1.29 is 27.1 Å². The Morgan fingerprint density at radius 3 is 2.43 bits per heavy atom. The fraction of sp³-hybridized carbons (Fsp3) is 0.333. The van der Waals surface area contributed by atoms with E-state index < -0.39 is 38.2 Å². The summed E-state index contributed by atoms with van der Waals surface area (Å²) < 4.78 is 54.7. The van der Waals surface area contributed by atoms with E-state index in [0.29, 0.717) is 24.0 Å². The molecule has 2 N–H and O–H groups in total. The van der Waals surface area contributed by atoms with E-state index in [-0.39, 0.29) is 33.0 Å². The largest absolute Gasteiger partial charge is 0.390 e. The zero-order chi connectivity index (χ0) is 26.5. The number of fused-ring (bicyclic) bond motifs is 2. The molecule has 2 saturated carbocycles. The van der Waals surface area contributed by atoms with Gasteiger partial charge >= 0.3 is 0 Å². The second-order valence-electron chi connectivity index (χ2n) is 9.99. The molecule has 0 spiro atoms. The highest BCUT2D eigenvalue weighted by molar-refractivity contribution is 7.92. The number of nitrogens with one attached hydrogen (secondary N) is 1. The van der Waals surface area contributed by atoms with E-state index in [1.165, 1.54) is 24.4 Å². The normalized spacial score (nSPS) is 25.2. The number of anilines is 1. The molecule has 0 aliphatic heterocycles. The van der Waals surface area contributed by atoms with Gasteiger partial charge in [-0.1, -0.05) is 17.7 Å². The lowest BCUT2D eigenvalue weighted by molar-refractivity contribution is -0.0413. The van der Waals surface area contributed by atoms with Crippen molar-refractivity contribution >= 4 is 33.0 Å². The number of halogens is 3. The molecule has 0 saturated heterocycles. The van der Waals surface area contributed by atoms with Crippen LogP contribution in [0.5, 0.6) is 0 Å². The van der Waals surface area contributed by atoms with Crippen LogP contribution in [0.4, 0.5) is 14.5 Å². The minimum absolute atomic E-state index is 0.00600. The molecule has 194 valence electrons. The summed E-state index contributed by atoms with van der Waals surface area (Å²) in [5.74, 6) is -3.17. The lowest BCUT2D eigenvalue weighted by Gasteiger charge is -2.40. The van der Waals surface area contributed by atoms with E-state index >= 15 is 0 Å². The molecule has 2 aliphatic carbocycles. The van der Waals surface area contributed by atoms with Gasteiger partial charge in [-0.25, -0.2) is 17.2 Å². The van der Waals surface area contributed by atoms with Gasteiger partial charge in [0.05, 0.1) is 20.8 Å². The number of nitrogens with zero attached hydrogens (tertiary/aromatic N) is 1. The van der Waals surface area contributed by atoms with Gasteiger partial charge in [0.2, 0.25) is 0 Å². The summed E-state index contributed by atoms with van der Waals surface area (Å²) in [5, 5.41) is 12.5. The summed E-state index contributed by atoms with van der Waals surface area (Å²) in [7, 11) is -3.96. The van der Waals surface area contributed by atoms with Gasteiger partial charge in [-0.15, -0.1) is 0 Å². The predicted octanol–water partition coefficient (Wildman–Crippen LogP) is 5.65. The van der Waals surface area contributed by atoms with Crippen molar-refractivity contribution in [1.82, 2.24) is 4.98 Å². The fourth-order valence-corrected chi connectivity index (χ4v) is 8.12. The van der Waals surface area contributed by atoms with Crippen molar-refractivity contribution in [1.29, 1.82) is 0 Å². The highest BCUT2D eigenvalue weighted by Gasteiger charge is 2.53. The van der Waals surface area contributed by atoms with E-state index in [2.05, 4.69) is 10.3 Å². The first-order chi connectivity index (χ1) is 17.5. The topological polar surface area (TPSA) is 96.4 Å². The molecule has 1 unspecified atom stereocenters. The zero-order valence-electron chi connectivity index (χ0n) is 19.9. The summed E-state index contributed by atoms with van der Waals surface area (Å²) in [5.41, 5.74) is -0.0348. The third-order valence-electron chi connectivity index (χ3n) is 7.82. The summed E-state index contributed by atoms with van der Waals surface area (Å²) in [6, 6.07) is 8.95. The first kappa shape index (κ1) is 25.8. The Bertz CT molecular complexity index is 1470. The molecule has 6 nitrogen and oxygen atoms in total. The lowest BCUT2D eigenvalue weighted by atomic mass is 9.76. The van der Waals surface area contributed by atoms with Crippen molar-refractivity contribution in [2.24, 2.45) is 11.8 Å². The van der Waals surface area contributed by atoms with Crippen molar-refractivity contribution in [3.63, 3.8) is 0 Å². The van der Waals surface area contributed by atoms with Crippen molar-refractivity contribution in [3.05, 3.63) is 77.1 Å². The Balaban J connectivity index is 1.57. The Hall–Kier alpha value is -2.88. The van der Waals surface area contributed by atoms with Gasteiger partial charge in [-0.2, -0.15) is 0 Å². The molecule has 2 bridgehead atoms. The van der Waals surface area contributed by atoms with Crippen LogP contribution in [0.15, 0.2) is 59.8 Å². The second-order valence-corrected chi connectivity index (χ2v) is 12.6. The van der Waals surface area contributed by atoms with E-state index in [9.17, 15) is 27.1 Å². The molecule has 1 heterocycles. The number of sulfone groups is 1. The van der Waals surface area contributed by atoms with Gasteiger partial charge in [0.15, 0.2) is 21.5 Å². The number of carbonyl (C=O) groups is 1. The highest BCUT2D eigenvalue weighted by Crippen LogP contribution is 2.52. The van der Waals surface area contributed by atoms with Crippen LogP contribution in [0.3, 0.4) is 0 Å². The van der Waals surface area contributed by atoms with Crippen LogP contribution < -0.4 is 5.32 Å². The molecule has 37 heavy (non-hydrogen) atoms. The van der Waals surface area contributed by atoms with E-state index in [1.54, 1.807) is 25.3 Å². The van der Waals surface area contributed by atoms with Crippen LogP contribution in [-0.2, 0) is 9.84 Å². The summed E-state index contributed by atoms with van der Waals surface area (Å²) in [6.45, 7) is 1.77. The number of rotatable bonds is 5. The third-order valence-corrected chi connectivity index (χ3v) is 10.5. The number of amides is 1. The Morgan fingerprint density at radius 2 is 1.81 bits per heavy atom. The maximum atomic E-state index is 13.8. The smallest absolute Gasteiger partial charge is 0.256 e. The molecule has 0 radical (unpaired) electrons. The van der Waals surface area contributed by atoms with E-state index in [0.717, 1.165) is 25.0 Å². The minimum atomic E-state index is -3.96. The van der Waals surface area contributed by atoms with E-state index in [4.69, 9.17) is 11.6 Å². The van der Waals surface area contributed by atoms with Crippen LogP contribution in [-0.4, -0.2) is 35.3 Å². The lowest BCUT2D eigenvalue weighted by Crippen LogP contribution is -2.45. The van der Waals surface area contributed by atoms with Gasteiger partial charge in [0.25, 0.3) is 5.91 Å². The average molecular weight is 547 g/mol. The third kappa shape index (κ3) is 4.64. The first-order valence-electron chi connectivity index (χ1n) is 11.9. The van der Waals surface area contributed by atoms with Gasteiger partial charge in [0, 0.05) is 35.3 Å². The Labute approximate surface area is 218 Å². The number of aliphatic hydroxyl groups is 1. The minimum Gasteiger partial charge on any atom is -0.390 e. The average Bonchev–Trinajstić information content (AvgIpc) is 3.02. The number of carbonyl (C=O) groups excluding carboxylic acids is 1. The van der Waals surface area contributed by atoms with Crippen molar-refractivity contribution in [2.45, 2.75) is 48.4 Å². The van der Waals surface area contributed by atoms with Crippen molar-refractivity contribution in [2.75, 3.05) is 5.32 Å². The molecule has 3 aromatic rings. The molecular weight excluding hydrogens is 522 g/mol. The summed E-state index contributed by atoms with van der Waals surface area (Å²) in [6.07, 6.45) is 5.21. The quantitative estimate of drug-likeness (QED) is 0.431. The molecule has 2 fully saturated rings.